The highest BCUT2D eigenvalue weighted by atomic mass is 32.2. The molecule has 1 aliphatic heterocycles. The number of hydrogen-bond acceptors (Lipinski definition) is 6. The predicted molar refractivity (Wildman–Crippen MR) is 188 cm³/mol. The van der Waals surface area contributed by atoms with Gasteiger partial charge in [-0.15, -0.1) is 11.8 Å². The first-order valence-electron chi connectivity index (χ1n) is 15.9. The van der Waals surface area contributed by atoms with Crippen LogP contribution in [0.25, 0.3) is 32.5 Å². The van der Waals surface area contributed by atoms with Crippen molar-refractivity contribution in [2.75, 3.05) is 30.9 Å². The number of hydrogen-bond donors (Lipinski definition) is 1. The van der Waals surface area contributed by atoms with Crippen molar-refractivity contribution in [3.8, 4) is 0 Å². The summed E-state index contributed by atoms with van der Waals surface area (Å²) in [6.45, 7) is 4.49. The molecule has 0 bridgehead atoms. The van der Waals surface area contributed by atoms with Crippen LogP contribution in [0.2, 0.25) is 0 Å². The molecule has 1 aliphatic rings. The lowest BCUT2D eigenvalue weighted by Gasteiger charge is -2.23. The third-order valence-corrected chi connectivity index (χ3v) is 9.43. The molecule has 0 unspecified atom stereocenters. The standard InChI is InChI=1S/C38H40N4O2S/c1-3-4-5-23-42(2)32-16-12-31(13-17-32)38-37(44-24-25-45-38)30-10-8-27(9-11-30)26-41-34(43)19-15-28-20-22-40-36-33(28)18-14-29-7-6-21-39-35(29)36/h6-14,16-18,20-22H,3-5,15,19,23-26H2,1-2H3,(H,41,43). The number of pyridine rings is 2. The molecule has 0 spiro atoms. The number of thioether (sulfide) groups is 1. The van der Waals surface area contributed by atoms with Gasteiger partial charge >= 0.3 is 0 Å². The molecule has 0 fully saturated rings. The van der Waals surface area contributed by atoms with Gasteiger partial charge in [0, 0.05) is 66.7 Å². The number of unbranched alkanes of at least 4 members (excludes halogenated alkanes) is 2. The molecule has 5 aromatic rings. The number of rotatable bonds is 12. The molecule has 7 heteroatoms. The van der Waals surface area contributed by atoms with Crippen LogP contribution in [-0.4, -0.2) is 41.8 Å². The van der Waals surface area contributed by atoms with Gasteiger partial charge in [0.25, 0.3) is 0 Å². The summed E-state index contributed by atoms with van der Waals surface area (Å²) < 4.78 is 6.21. The average Bonchev–Trinajstić information content (AvgIpc) is 3.10. The SMILES string of the molecule is CCCCCN(C)c1ccc(C2=C(c3ccc(CNC(=O)CCc4ccnc5c4ccc4cccnc45)cc3)OCCS2)cc1. The van der Waals surface area contributed by atoms with Gasteiger partial charge in [0.2, 0.25) is 5.91 Å². The van der Waals surface area contributed by atoms with Crippen LogP contribution in [0.5, 0.6) is 0 Å². The highest BCUT2D eigenvalue weighted by Gasteiger charge is 2.19. The van der Waals surface area contributed by atoms with Gasteiger partial charge in [-0.1, -0.05) is 74.4 Å². The van der Waals surface area contributed by atoms with E-state index in [1.165, 1.54) is 35.4 Å². The second-order valence-electron chi connectivity index (χ2n) is 11.5. The summed E-state index contributed by atoms with van der Waals surface area (Å²) in [6, 6.07) is 27.3. The Balaban J connectivity index is 1.07. The second-order valence-corrected chi connectivity index (χ2v) is 12.6. The minimum Gasteiger partial charge on any atom is -0.491 e. The Morgan fingerprint density at radius 2 is 1.71 bits per heavy atom. The number of carbonyl (C=O) groups is 1. The summed E-state index contributed by atoms with van der Waals surface area (Å²) in [5.74, 6) is 1.89. The van der Waals surface area contributed by atoms with E-state index < -0.39 is 0 Å². The Morgan fingerprint density at radius 1 is 0.911 bits per heavy atom. The Bertz CT molecular complexity index is 1800. The summed E-state index contributed by atoms with van der Waals surface area (Å²) in [7, 11) is 2.17. The fourth-order valence-corrected chi connectivity index (χ4v) is 6.76. The predicted octanol–water partition coefficient (Wildman–Crippen LogP) is 8.25. The van der Waals surface area contributed by atoms with Crippen molar-refractivity contribution in [1.82, 2.24) is 15.3 Å². The first-order chi connectivity index (χ1) is 22.1. The first-order valence-corrected chi connectivity index (χ1v) is 16.9. The molecule has 3 heterocycles. The van der Waals surface area contributed by atoms with Gasteiger partial charge in [0.1, 0.15) is 5.76 Å². The molecule has 6 rings (SSSR count). The number of ether oxygens (including phenoxy) is 1. The zero-order chi connectivity index (χ0) is 31.0. The van der Waals surface area contributed by atoms with Crippen LogP contribution >= 0.6 is 11.8 Å². The number of nitrogens with one attached hydrogen (secondary N) is 1. The molecule has 2 aromatic heterocycles. The van der Waals surface area contributed by atoms with E-state index in [2.05, 4.69) is 94.8 Å². The van der Waals surface area contributed by atoms with Crippen molar-refractivity contribution < 1.29 is 9.53 Å². The van der Waals surface area contributed by atoms with Gasteiger partial charge in [-0.05, 0) is 53.8 Å². The van der Waals surface area contributed by atoms with Gasteiger partial charge in [-0.3, -0.25) is 14.8 Å². The van der Waals surface area contributed by atoms with E-state index in [1.807, 2.05) is 36.2 Å². The van der Waals surface area contributed by atoms with E-state index in [0.717, 1.165) is 56.6 Å². The van der Waals surface area contributed by atoms with E-state index in [9.17, 15) is 4.79 Å². The molecule has 0 aliphatic carbocycles. The number of aromatic nitrogens is 2. The summed E-state index contributed by atoms with van der Waals surface area (Å²) in [5, 5.41) is 5.21. The highest BCUT2D eigenvalue weighted by molar-refractivity contribution is 8.08. The van der Waals surface area contributed by atoms with Crippen molar-refractivity contribution in [2.45, 2.75) is 45.6 Å². The Morgan fingerprint density at radius 3 is 2.53 bits per heavy atom. The molecule has 6 nitrogen and oxygen atoms in total. The zero-order valence-electron chi connectivity index (χ0n) is 26.1. The van der Waals surface area contributed by atoms with Crippen LogP contribution in [0.3, 0.4) is 0 Å². The van der Waals surface area contributed by atoms with E-state index in [4.69, 9.17) is 4.74 Å². The number of benzene rings is 3. The summed E-state index contributed by atoms with van der Waals surface area (Å²) >= 11 is 1.85. The maximum absolute atomic E-state index is 12.8. The lowest BCUT2D eigenvalue weighted by molar-refractivity contribution is -0.121. The molecule has 0 radical (unpaired) electrons. The molecule has 0 saturated heterocycles. The maximum Gasteiger partial charge on any atom is 0.220 e. The fourth-order valence-electron chi connectivity index (χ4n) is 5.78. The molecule has 45 heavy (non-hydrogen) atoms. The molecule has 0 atom stereocenters. The number of carbonyl (C=O) groups excluding carboxylic acids is 1. The van der Waals surface area contributed by atoms with Crippen molar-refractivity contribution in [2.24, 2.45) is 0 Å². The average molecular weight is 617 g/mol. The molecule has 1 amide bonds. The van der Waals surface area contributed by atoms with Crippen LogP contribution in [-0.2, 0) is 22.5 Å². The Hall–Kier alpha value is -4.36. The maximum atomic E-state index is 12.8. The Kier molecular flexibility index (Phi) is 9.96. The number of anilines is 1. The molecule has 1 N–H and O–H groups in total. The van der Waals surface area contributed by atoms with Gasteiger partial charge in [0.15, 0.2) is 0 Å². The highest BCUT2D eigenvalue weighted by Crippen LogP contribution is 2.39. The van der Waals surface area contributed by atoms with Crippen LogP contribution in [0.4, 0.5) is 5.69 Å². The van der Waals surface area contributed by atoms with Crippen molar-refractivity contribution in [3.05, 3.63) is 114 Å². The van der Waals surface area contributed by atoms with Gasteiger partial charge in [-0.25, -0.2) is 0 Å². The lowest BCUT2D eigenvalue weighted by Crippen LogP contribution is -2.23. The first kappa shape index (κ1) is 30.7. The fraction of sp³-hybridized carbons (Fsp3) is 0.289. The topological polar surface area (TPSA) is 67.4 Å². The van der Waals surface area contributed by atoms with Gasteiger partial charge in [-0.2, -0.15) is 0 Å². The number of fused-ring (bicyclic) bond motifs is 3. The number of aryl methyl sites for hydroxylation is 1. The van der Waals surface area contributed by atoms with Crippen LogP contribution < -0.4 is 10.2 Å². The van der Waals surface area contributed by atoms with Gasteiger partial charge < -0.3 is 15.0 Å². The van der Waals surface area contributed by atoms with Crippen LogP contribution in [0.1, 0.15) is 54.9 Å². The van der Waals surface area contributed by atoms with E-state index in [0.29, 0.717) is 26.0 Å². The molecular weight excluding hydrogens is 577 g/mol. The van der Waals surface area contributed by atoms with Gasteiger partial charge in [0.05, 0.1) is 22.5 Å². The molecular formula is C38H40N4O2S. The lowest BCUT2D eigenvalue weighted by atomic mass is 10.0. The monoisotopic (exact) mass is 616 g/mol. The minimum absolute atomic E-state index is 0.0272. The largest absolute Gasteiger partial charge is 0.491 e. The van der Waals surface area contributed by atoms with Crippen LogP contribution in [0, 0.1) is 0 Å². The van der Waals surface area contributed by atoms with E-state index in [-0.39, 0.29) is 5.91 Å². The summed E-state index contributed by atoms with van der Waals surface area (Å²) in [5.41, 5.74) is 7.42. The third kappa shape index (κ3) is 7.31. The summed E-state index contributed by atoms with van der Waals surface area (Å²) in [4.78, 5) is 25.4. The number of amides is 1. The quantitative estimate of drug-likeness (QED) is 0.112. The molecule has 3 aromatic carbocycles. The zero-order valence-corrected chi connectivity index (χ0v) is 26.9. The summed E-state index contributed by atoms with van der Waals surface area (Å²) in [6.07, 6.45) is 8.36. The Labute approximate surface area is 269 Å². The normalized spacial score (nSPS) is 13.2. The number of nitrogens with zero attached hydrogens (tertiary/aromatic N) is 3. The van der Waals surface area contributed by atoms with Crippen molar-refractivity contribution in [1.29, 1.82) is 0 Å². The molecule has 0 saturated carbocycles. The van der Waals surface area contributed by atoms with Crippen molar-refractivity contribution in [3.63, 3.8) is 0 Å². The van der Waals surface area contributed by atoms with E-state index in [1.54, 1.807) is 6.20 Å². The van der Waals surface area contributed by atoms with Crippen molar-refractivity contribution >= 4 is 55.8 Å². The smallest absolute Gasteiger partial charge is 0.220 e. The minimum atomic E-state index is 0.0272. The molecule has 230 valence electrons. The third-order valence-electron chi connectivity index (χ3n) is 8.35. The van der Waals surface area contributed by atoms with Crippen LogP contribution in [0.15, 0.2) is 91.3 Å². The van der Waals surface area contributed by atoms with E-state index >= 15 is 0 Å². The second kappa shape index (κ2) is 14.6.